The van der Waals surface area contributed by atoms with Crippen LogP contribution in [0.15, 0.2) is 18.2 Å². The monoisotopic (exact) mass is 256 g/mol. The number of unbranched alkanes of at least 4 members (excludes halogenated alkanes) is 1. The van der Waals surface area contributed by atoms with Crippen molar-refractivity contribution in [3.05, 3.63) is 23.8 Å². The predicted octanol–water partition coefficient (Wildman–Crippen LogP) is 2.73. The average molecular weight is 257 g/mol. The van der Waals surface area contributed by atoms with Crippen molar-refractivity contribution in [2.75, 3.05) is 12.5 Å². The third kappa shape index (κ3) is 2.85. The van der Waals surface area contributed by atoms with Gasteiger partial charge in [0.15, 0.2) is 18.1 Å². The Morgan fingerprint density at radius 2 is 2.24 bits per heavy atom. The zero-order valence-corrected chi connectivity index (χ0v) is 10.7. The Morgan fingerprint density at radius 3 is 2.94 bits per heavy atom. The molecule has 3 nitrogen and oxygen atoms in total. The Kier molecular flexibility index (Phi) is 3.79. The van der Waals surface area contributed by atoms with Gasteiger partial charge >= 0.3 is 0 Å². The summed E-state index contributed by atoms with van der Waals surface area (Å²) in [5, 5.41) is 9.86. The van der Waals surface area contributed by atoms with E-state index in [2.05, 4.69) is 6.92 Å². The lowest BCUT2D eigenvalue weighted by molar-refractivity contribution is -0.156. The fourth-order valence-electron chi connectivity index (χ4n) is 1.78. The van der Waals surface area contributed by atoms with Crippen molar-refractivity contribution in [1.29, 1.82) is 0 Å². The first-order valence-electron chi connectivity index (χ1n) is 5.90. The third-order valence-electron chi connectivity index (χ3n) is 2.79. The average Bonchev–Trinajstić information content (AvgIpc) is 2.36. The normalized spacial score (nSPS) is 22.5. The van der Waals surface area contributed by atoms with Gasteiger partial charge in [-0.25, -0.2) is 0 Å². The van der Waals surface area contributed by atoms with E-state index in [9.17, 15) is 5.11 Å². The van der Waals surface area contributed by atoms with Gasteiger partial charge in [-0.15, -0.1) is 11.6 Å². The molecule has 0 spiro atoms. The van der Waals surface area contributed by atoms with Crippen LogP contribution in [0.1, 0.15) is 25.3 Å². The SMILES string of the molecule is CCCCc1ccc2c(c1)OCC(O)(CCl)O2. The number of rotatable bonds is 4. The number of fused-ring (bicyclic) bond motifs is 1. The van der Waals surface area contributed by atoms with Crippen LogP contribution in [0.4, 0.5) is 0 Å². The van der Waals surface area contributed by atoms with Crippen molar-refractivity contribution >= 4 is 11.6 Å². The molecule has 0 saturated heterocycles. The molecule has 0 aromatic heterocycles. The van der Waals surface area contributed by atoms with Crippen molar-refractivity contribution in [3.63, 3.8) is 0 Å². The first-order chi connectivity index (χ1) is 8.17. The lowest BCUT2D eigenvalue weighted by Crippen LogP contribution is -2.46. The van der Waals surface area contributed by atoms with Gasteiger partial charge in [0.05, 0.1) is 5.88 Å². The van der Waals surface area contributed by atoms with E-state index < -0.39 is 5.79 Å². The first kappa shape index (κ1) is 12.5. The van der Waals surface area contributed by atoms with Crippen LogP contribution in [0, 0.1) is 0 Å². The highest BCUT2D eigenvalue weighted by molar-refractivity contribution is 6.18. The Hall–Kier alpha value is -0.930. The Labute approximate surface area is 106 Å². The number of hydrogen-bond acceptors (Lipinski definition) is 3. The maximum Gasteiger partial charge on any atom is 0.256 e. The van der Waals surface area contributed by atoms with E-state index >= 15 is 0 Å². The highest BCUT2D eigenvalue weighted by Gasteiger charge is 2.34. The molecule has 0 bridgehead atoms. The van der Waals surface area contributed by atoms with E-state index in [1.165, 1.54) is 12.0 Å². The molecule has 1 aromatic carbocycles. The van der Waals surface area contributed by atoms with Crippen molar-refractivity contribution < 1.29 is 14.6 Å². The van der Waals surface area contributed by atoms with Crippen LogP contribution in [0.3, 0.4) is 0 Å². The summed E-state index contributed by atoms with van der Waals surface area (Å²) in [4.78, 5) is 0. The molecule has 0 saturated carbocycles. The molecule has 0 radical (unpaired) electrons. The van der Waals surface area contributed by atoms with Gasteiger partial charge in [0, 0.05) is 0 Å². The zero-order valence-electron chi connectivity index (χ0n) is 9.91. The quantitative estimate of drug-likeness (QED) is 0.842. The van der Waals surface area contributed by atoms with Crippen LogP contribution in [0.5, 0.6) is 11.5 Å². The summed E-state index contributed by atoms with van der Waals surface area (Å²) in [6.45, 7) is 2.24. The molecule has 0 amide bonds. The molecule has 0 aliphatic carbocycles. The summed E-state index contributed by atoms with van der Waals surface area (Å²) in [6.07, 6.45) is 3.36. The molecular weight excluding hydrogens is 240 g/mol. The molecule has 1 aliphatic rings. The molecule has 1 atom stereocenters. The predicted molar refractivity (Wildman–Crippen MR) is 66.8 cm³/mol. The molecule has 1 N–H and O–H groups in total. The number of ether oxygens (including phenoxy) is 2. The molecule has 2 rings (SSSR count). The second-order valence-corrected chi connectivity index (χ2v) is 4.62. The topological polar surface area (TPSA) is 38.7 Å². The van der Waals surface area contributed by atoms with Gasteiger partial charge in [-0.3, -0.25) is 0 Å². The molecule has 1 unspecified atom stereocenters. The van der Waals surface area contributed by atoms with Gasteiger partial charge < -0.3 is 14.6 Å². The minimum atomic E-state index is -1.40. The minimum absolute atomic E-state index is 0.00989. The van der Waals surface area contributed by atoms with Crippen LogP contribution in [-0.4, -0.2) is 23.4 Å². The Bertz CT molecular complexity index is 394. The summed E-state index contributed by atoms with van der Waals surface area (Å²) >= 11 is 5.63. The highest BCUT2D eigenvalue weighted by atomic mass is 35.5. The van der Waals surface area contributed by atoms with Crippen molar-refractivity contribution in [2.45, 2.75) is 32.0 Å². The zero-order chi connectivity index (χ0) is 12.3. The van der Waals surface area contributed by atoms with E-state index in [0.717, 1.165) is 12.8 Å². The maximum atomic E-state index is 9.86. The molecule has 1 aromatic rings. The molecule has 1 aliphatic heterocycles. The van der Waals surface area contributed by atoms with E-state index in [1.54, 1.807) is 0 Å². The van der Waals surface area contributed by atoms with Crippen molar-refractivity contribution in [1.82, 2.24) is 0 Å². The maximum absolute atomic E-state index is 9.86. The molecule has 0 fully saturated rings. The summed E-state index contributed by atoms with van der Waals surface area (Å²) in [7, 11) is 0. The van der Waals surface area contributed by atoms with Crippen molar-refractivity contribution in [2.24, 2.45) is 0 Å². The molecule has 4 heteroatoms. The van der Waals surface area contributed by atoms with Gasteiger partial charge in [0.1, 0.15) is 0 Å². The number of aryl methyl sites for hydroxylation is 1. The molecule has 1 heterocycles. The standard InChI is InChI=1S/C13H17ClO3/c1-2-3-4-10-5-6-11-12(7-10)16-9-13(15,8-14)17-11/h5-7,15H,2-4,8-9H2,1H3. The van der Waals surface area contributed by atoms with Crippen molar-refractivity contribution in [3.8, 4) is 11.5 Å². The summed E-state index contributed by atoms with van der Waals surface area (Å²) < 4.78 is 10.9. The van der Waals surface area contributed by atoms with E-state index in [4.69, 9.17) is 21.1 Å². The van der Waals surface area contributed by atoms with Gasteiger partial charge in [-0.1, -0.05) is 19.4 Å². The van der Waals surface area contributed by atoms with E-state index in [0.29, 0.717) is 11.5 Å². The minimum Gasteiger partial charge on any atom is -0.483 e. The van der Waals surface area contributed by atoms with Gasteiger partial charge in [0.25, 0.3) is 5.79 Å². The lowest BCUT2D eigenvalue weighted by Gasteiger charge is -2.32. The van der Waals surface area contributed by atoms with Gasteiger partial charge in [-0.2, -0.15) is 0 Å². The first-order valence-corrected chi connectivity index (χ1v) is 6.43. The van der Waals surface area contributed by atoms with Crippen LogP contribution < -0.4 is 9.47 Å². The number of alkyl halides is 1. The molecule has 17 heavy (non-hydrogen) atoms. The summed E-state index contributed by atoms with van der Waals surface area (Å²) in [5.41, 5.74) is 1.23. The largest absolute Gasteiger partial charge is 0.483 e. The highest BCUT2D eigenvalue weighted by Crippen LogP contribution is 2.35. The Morgan fingerprint density at radius 1 is 1.41 bits per heavy atom. The van der Waals surface area contributed by atoms with Gasteiger partial charge in [-0.05, 0) is 30.5 Å². The summed E-state index contributed by atoms with van der Waals surface area (Å²) in [6, 6.07) is 5.80. The molecular formula is C13H17ClO3. The third-order valence-corrected chi connectivity index (χ3v) is 3.21. The smallest absolute Gasteiger partial charge is 0.256 e. The number of halogens is 1. The fraction of sp³-hybridized carbons (Fsp3) is 0.538. The van der Waals surface area contributed by atoms with Crippen LogP contribution in [0.25, 0.3) is 0 Å². The van der Waals surface area contributed by atoms with Crippen LogP contribution in [0.2, 0.25) is 0 Å². The van der Waals surface area contributed by atoms with E-state index in [1.807, 2.05) is 18.2 Å². The van der Waals surface area contributed by atoms with E-state index in [-0.39, 0.29) is 12.5 Å². The van der Waals surface area contributed by atoms with Gasteiger partial charge in [0.2, 0.25) is 0 Å². The second kappa shape index (κ2) is 5.15. The fourth-order valence-corrected chi connectivity index (χ4v) is 1.91. The Balaban J connectivity index is 2.14. The van der Waals surface area contributed by atoms with Crippen LogP contribution >= 0.6 is 11.6 Å². The van der Waals surface area contributed by atoms with Crippen LogP contribution in [-0.2, 0) is 6.42 Å². The molecule has 94 valence electrons. The second-order valence-electron chi connectivity index (χ2n) is 4.36. The summed E-state index contributed by atoms with van der Waals surface area (Å²) in [5.74, 6) is -0.170. The number of aliphatic hydroxyl groups is 1. The number of hydrogen-bond donors (Lipinski definition) is 1. The lowest BCUT2D eigenvalue weighted by atomic mass is 10.1. The number of benzene rings is 1.